The van der Waals surface area contributed by atoms with Gasteiger partial charge in [0.15, 0.2) is 5.78 Å². The summed E-state index contributed by atoms with van der Waals surface area (Å²) in [5, 5.41) is 8.90. The molecule has 3 fully saturated rings. The zero-order chi connectivity index (χ0) is 24.2. The van der Waals surface area contributed by atoms with Crippen molar-refractivity contribution in [3.8, 4) is 0 Å². The van der Waals surface area contributed by atoms with Crippen molar-refractivity contribution in [1.82, 2.24) is 14.7 Å². The third-order valence-corrected chi connectivity index (χ3v) is 7.51. The van der Waals surface area contributed by atoms with Crippen molar-refractivity contribution < 1.29 is 23.9 Å². The summed E-state index contributed by atoms with van der Waals surface area (Å²) in [4.78, 5) is 42.1. The van der Waals surface area contributed by atoms with Crippen molar-refractivity contribution in [2.75, 3.05) is 45.8 Å². The van der Waals surface area contributed by atoms with Crippen molar-refractivity contribution >= 4 is 55.1 Å². The molecule has 1 amide bonds. The first-order chi connectivity index (χ1) is 16.3. The molecule has 1 aromatic carbocycles. The van der Waals surface area contributed by atoms with E-state index in [1.54, 1.807) is 23.1 Å². The van der Waals surface area contributed by atoms with Gasteiger partial charge in [-0.3, -0.25) is 24.2 Å². The predicted octanol–water partition coefficient (Wildman–Crippen LogP) is 3.24. The average molecular weight is 563 g/mol. The second-order valence-electron chi connectivity index (χ2n) is 9.41. The molecule has 0 spiro atoms. The van der Waals surface area contributed by atoms with Crippen LogP contribution in [0.25, 0.3) is 0 Å². The number of benzene rings is 1. The van der Waals surface area contributed by atoms with Crippen LogP contribution in [0.1, 0.15) is 37.3 Å². The molecule has 200 valence electrons. The molecule has 2 aliphatic heterocycles. The molecule has 2 heterocycles. The first-order valence-corrected chi connectivity index (χ1v) is 12.5. The number of halogens is 3. The maximum Gasteiger partial charge on any atom is 0.305 e. The van der Waals surface area contributed by atoms with Crippen LogP contribution in [0.15, 0.2) is 35.9 Å². The van der Waals surface area contributed by atoms with E-state index in [4.69, 9.17) is 17.7 Å². The fourth-order valence-electron chi connectivity index (χ4n) is 4.76. The van der Waals surface area contributed by atoms with Gasteiger partial charge in [-0.15, -0.1) is 24.8 Å². The molecule has 7 nitrogen and oxygen atoms in total. The Balaban J connectivity index is 0.00000228. The Hall–Kier alpha value is -1.65. The van der Waals surface area contributed by atoms with E-state index in [0.717, 1.165) is 24.8 Å². The number of carboxylic acid groups (broad SMARTS) is 1. The number of carboxylic acids is 1. The lowest BCUT2D eigenvalue weighted by atomic mass is 9.93. The van der Waals surface area contributed by atoms with E-state index < -0.39 is 12.0 Å². The van der Waals surface area contributed by atoms with E-state index >= 15 is 0 Å². The Morgan fingerprint density at radius 1 is 1.11 bits per heavy atom. The molecular formula is C25H34Cl2FN3O4S. The van der Waals surface area contributed by atoms with Gasteiger partial charge in [0.05, 0.1) is 19.0 Å². The summed E-state index contributed by atoms with van der Waals surface area (Å²) in [5.74, 6) is -1.19. The van der Waals surface area contributed by atoms with E-state index in [1.165, 1.54) is 6.07 Å². The molecule has 3 aliphatic rings. The highest BCUT2D eigenvalue weighted by molar-refractivity contribution is 7.81. The minimum Gasteiger partial charge on any atom is -0.481 e. The molecule has 1 aliphatic carbocycles. The van der Waals surface area contributed by atoms with Gasteiger partial charge in [0, 0.05) is 56.0 Å². The molecule has 2 atom stereocenters. The summed E-state index contributed by atoms with van der Waals surface area (Å²) >= 11 is 4.75. The fraction of sp³-hybridized carbons (Fsp3) is 0.560. The second kappa shape index (κ2) is 13.8. The smallest absolute Gasteiger partial charge is 0.305 e. The van der Waals surface area contributed by atoms with Crippen LogP contribution in [0.5, 0.6) is 0 Å². The number of hydrogen-bond acceptors (Lipinski definition) is 6. The van der Waals surface area contributed by atoms with Crippen LogP contribution in [0.3, 0.4) is 0 Å². The zero-order valence-electron chi connectivity index (χ0n) is 20.1. The molecule has 0 aromatic heterocycles. The summed E-state index contributed by atoms with van der Waals surface area (Å²) in [7, 11) is 0. The zero-order valence-corrected chi connectivity index (χ0v) is 22.6. The summed E-state index contributed by atoms with van der Waals surface area (Å²) in [6.07, 6.45) is 4.56. The molecule has 1 saturated carbocycles. The SMILES string of the molecule is Cl.Cl.O=C(O)CCN1CCN(C/C=C2\CN(C(C(=O)C3CC3)c3ccccc3F)CCC2S)CC1=O. The number of rotatable bonds is 9. The first-order valence-electron chi connectivity index (χ1n) is 11.9. The Kier molecular flexibility index (Phi) is 11.7. The van der Waals surface area contributed by atoms with Crippen LogP contribution in [0.2, 0.25) is 0 Å². The molecule has 36 heavy (non-hydrogen) atoms. The molecule has 0 bridgehead atoms. The molecule has 0 radical (unpaired) electrons. The number of amides is 1. The normalized spacial score (nSPS) is 23.1. The Labute approximate surface area is 229 Å². The molecule has 11 heteroatoms. The number of ketones is 1. The van der Waals surface area contributed by atoms with E-state index in [1.807, 2.05) is 4.90 Å². The van der Waals surface area contributed by atoms with Crippen LogP contribution in [-0.4, -0.2) is 88.5 Å². The quantitative estimate of drug-likeness (QED) is 0.356. The number of carbonyl (C=O) groups is 3. The van der Waals surface area contributed by atoms with Crippen LogP contribution in [-0.2, 0) is 14.4 Å². The highest BCUT2D eigenvalue weighted by Crippen LogP contribution is 2.39. The van der Waals surface area contributed by atoms with Crippen molar-refractivity contribution in [3.63, 3.8) is 0 Å². The molecule has 4 rings (SSSR count). The van der Waals surface area contributed by atoms with Crippen molar-refractivity contribution in [2.24, 2.45) is 5.92 Å². The monoisotopic (exact) mass is 561 g/mol. The maximum absolute atomic E-state index is 14.7. The van der Waals surface area contributed by atoms with Crippen LogP contribution in [0, 0.1) is 11.7 Å². The van der Waals surface area contributed by atoms with Gasteiger partial charge in [0.2, 0.25) is 5.91 Å². The predicted molar refractivity (Wildman–Crippen MR) is 144 cm³/mol. The standard InChI is InChI=1S/C25H32FN3O4S.2ClH/c26-20-4-2-1-3-19(20)24(25(33)17-5-6-17)29-11-8-21(34)18(15-29)7-10-27-13-14-28(22(30)16-27)12-9-23(31)32;;/h1-4,7,17,21,24,34H,5-6,8-16H2,(H,31,32);2*1H/b18-7+;;. The fourth-order valence-corrected chi connectivity index (χ4v) is 5.06. The largest absolute Gasteiger partial charge is 0.481 e. The number of hydrogen-bond donors (Lipinski definition) is 2. The number of carbonyl (C=O) groups excluding carboxylic acids is 2. The van der Waals surface area contributed by atoms with Gasteiger partial charge >= 0.3 is 5.97 Å². The highest BCUT2D eigenvalue weighted by atomic mass is 35.5. The van der Waals surface area contributed by atoms with Crippen molar-refractivity contribution in [3.05, 3.63) is 47.3 Å². The number of aliphatic carboxylic acids is 1. The number of piperidine rings is 1. The molecule has 2 saturated heterocycles. The number of piperazine rings is 1. The highest BCUT2D eigenvalue weighted by Gasteiger charge is 2.40. The van der Waals surface area contributed by atoms with Gasteiger partial charge in [0.25, 0.3) is 0 Å². The van der Waals surface area contributed by atoms with Crippen molar-refractivity contribution in [1.29, 1.82) is 0 Å². The lowest BCUT2D eigenvalue weighted by Crippen LogP contribution is -2.50. The average Bonchev–Trinajstić information content (AvgIpc) is 3.65. The summed E-state index contributed by atoms with van der Waals surface area (Å²) < 4.78 is 14.7. The van der Waals surface area contributed by atoms with Gasteiger partial charge in [-0.1, -0.05) is 24.3 Å². The lowest BCUT2D eigenvalue weighted by Gasteiger charge is -2.38. The van der Waals surface area contributed by atoms with E-state index in [0.29, 0.717) is 38.3 Å². The van der Waals surface area contributed by atoms with Crippen molar-refractivity contribution in [2.45, 2.75) is 37.0 Å². The van der Waals surface area contributed by atoms with Gasteiger partial charge in [-0.05, 0) is 30.9 Å². The number of nitrogens with zero attached hydrogens (tertiary/aromatic N) is 3. The third-order valence-electron chi connectivity index (χ3n) is 6.92. The second-order valence-corrected chi connectivity index (χ2v) is 10.0. The minimum atomic E-state index is -0.907. The summed E-state index contributed by atoms with van der Waals surface area (Å²) in [6, 6.07) is 5.97. The van der Waals surface area contributed by atoms with E-state index in [9.17, 15) is 18.8 Å². The molecule has 2 unspecified atom stereocenters. The first kappa shape index (κ1) is 30.6. The maximum atomic E-state index is 14.7. The Morgan fingerprint density at radius 2 is 1.83 bits per heavy atom. The van der Waals surface area contributed by atoms with E-state index in [-0.39, 0.29) is 73.0 Å². The van der Waals surface area contributed by atoms with Crippen LogP contribution < -0.4 is 0 Å². The third kappa shape index (κ3) is 7.68. The van der Waals surface area contributed by atoms with E-state index in [2.05, 4.69) is 11.0 Å². The minimum absolute atomic E-state index is 0. The molecule has 1 N–H and O–H groups in total. The van der Waals surface area contributed by atoms with Crippen LogP contribution in [0.4, 0.5) is 4.39 Å². The number of thiol groups is 1. The van der Waals surface area contributed by atoms with Gasteiger partial charge in [-0.2, -0.15) is 12.6 Å². The van der Waals surface area contributed by atoms with Gasteiger partial charge in [-0.25, -0.2) is 4.39 Å². The van der Waals surface area contributed by atoms with Crippen LogP contribution >= 0.6 is 37.4 Å². The lowest BCUT2D eigenvalue weighted by molar-refractivity contribution is -0.140. The summed E-state index contributed by atoms with van der Waals surface area (Å²) in [5.41, 5.74) is 1.53. The Bertz CT molecular complexity index is 978. The van der Waals surface area contributed by atoms with Gasteiger partial charge in [0.1, 0.15) is 5.82 Å². The Morgan fingerprint density at radius 3 is 2.47 bits per heavy atom. The number of Topliss-reactive ketones (excluding diaryl/α,β-unsaturated/α-hetero) is 1. The number of likely N-dealkylation sites (tertiary alicyclic amines) is 1. The topological polar surface area (TPSA) is 81.2 Å². The molecular weight excluding hydrogens is 528 g/mol. The molecule has 1 aromatic rings. The van der Waals surface area contributed by atoms with Gasteiger partial charge < -0.3 is 10.0 Å². The summed E-state index contributed by atoms with van der Waals surface area (Å²) in [6.45, 7) is 3.47.